The van der Waals surface area contributed by atoms with E-state index in [1.54, 1.807) is 27.9 Å². The zero-order valence-corrected chi connectivity index (χ0v) is 16.4. The van der Waals surface area contributed by atoms with Crippen molar-refractivity contribution in [3.63, 3.8) is 0 Å². The molecule has 2 atom stereocenters. The standard InChI is InChI=1S/C23H25N3O3/c1-18-23(28,12-15-29-18)17-25(16-19-6-3-2-4-7-19)22(27)20-8-10-21(11-9-20)26-14-5-13-24-26/h2-11,13-14,18,28H,12,15-17H2,1H3/t18-,23-/m0/s1. The number of rotatable bonds is 6. The Morgan fingerprint density at radius 2 is 1.97 bits per heavy atom. The third-order valence-corrected chi connectivity index (χ3v) is 5.51. The van der Waals surface area contributed by atoms with Crippen LogP contribution in [-0.2, 0) is 11.3 Å². The molecule has 1 fully saturated rings. The lowest BCUT2D eigenvalue weighted by molar-refractivity contribution is -0.0458. The first-order valence-electron chi connectivity index (χ1n) is 9.82. The minimum atomic E-state index is -1.04. The van der Waals surface area contributed by atoms with Gasteiger partial charge in [-0.15, -0.1) is 0 Å². The highest BCUT2D eigenvalue weighted by Crippen LogP contribution is 2.28. The molecule has 6 nitrogen and oxygen atoms in total. The molecule has 1 aromatic heterocycles. The first kappa shape index (κ1) is 19.4. The molecule has 29 heavy (non-hydrogen) atoms. The van der Waals surface area contributed by atoms with E-state index in [9.17, 15) is 9.90 Å². The van der Waals surface area contributed by atoms with Crippen molar-refractivity contribution in [3.05, 3.63) is 84.2 Å². The highest BCUT2D eigenvalue weighted by molar-refractivity contribution is 5.94. The highest BCUT2D eigenvalue weighted by atomic mass is 16.5. The van der Waals surface area contributed by atoms with Crippen LogP contribution < -0.4 is 0 Å². The van der Waals surface area contributed by atoms with Crippen LogP contribution in [0.4, 0.5) is 0 Å². The molecular weight excluding hydrogens is 366 g/mol. The van der Waals surface area contributed by atoms with Crippen LogP contribution in [-0.4, -0.2) is 50.6 Å². The van der Waals surface area contributed by atoms with Crippen LogP contribution in [0.2, 0.25) is 0 Å². The Balaban J connectivity index is 1.58. The van der Waals surface area contributed by atoms with Crippen LogP contribution in [0.3, 0.4) is 0 Å². The van der Waals surface area contributed by atoms with Crippen molar-refractivity contribution in [1.82, 2.24) is 14.7 Å². The topological polar surface area (TPSA) is 67.6 Å². The lowest BCUT2D eigenvalue weighted by atomic mass is 9.95. The monoisotopic (exact) mass is 391 g/mol. The molecule has 6 heteroatoms. The van der Waals surface area contributed by atoms with Gasteiger partial charge in [-0.05, 0) is 42.8 Å². The quantitative estimate of drug-likeness (QED) is 0.701. The predicted octanol–water partition coefficient (Wildman–Crippen LogP) is 3.05. The van der Waals surface area contributed by atoms with Crippen LogP contribution in [0.15, 0.2) is 73.1 Å². The average Bonchev–Trinajstić information content (AvgIpc) is 3.39. The molecule has 4 rings (SSSR count). The molecule has 0 radical (unpaired) electrons. The first-order valence-corrected chi connectivity index (χ1v) is 9.82. The van der Waals surface area contributed by atoms with E-state index < -0.39 is 5.60 Å². The molecule has 2 heterocycles. The van der Waals surface area contributed by atoms with Gasteiger partial charge in [0.15, 0.2) is 0 Å². The third-order valence-electron chi connectivity index (χ3n) is 5.51. The maximum atomic E-state index is 13.3. The van der Waals surface area contributed by atoms with Gasteiger partial charge in [0.25, 0.3) is 5.91 Å². The number of carbonyl (C=O) groups is 1. The summed E-state index contributed by atoms with van der Waals surface area (Å²) in [6, 6.07) is 19.0. The molecule has 1 N–H and O–H groups in total. The van der Waals surface area contributed by atoms with Crippen molar-refractivity contribution < 1.29 is 14.6 Å². The molecular formula is C23H25N3O3. The lowest BCUT2D eigenvalue weighted by Crippen LogP contribution is -2.49. The second-order valence-corrected chi connectivity index (χ2v) is 7.51. The van der Waals surface area contributed by atoms with Crippen LogP contribution in [0.5, 0.6) is 0 Å². The van der Waals surface area contributed by atoms with Gasteiger partial charge in [-0.3, -0.25) is 4.79 Å². The van der Waals surface area contributed by atoms with Crippen molar-refractivity contribution in [2.75, 3.05) is 13.2 Å². The number of aliphatic hydroxyl groups is 1. The molecule has 3 aromatic rings. The van der Waals surface area contributed by atoms with Crippen molar-refractivity contribution in [2.24, 2.45) is 0 Å². The molecule has 0 unspecified atom stereocenters. The fraction of sp³-hybridized carbons (Fsp3) is 0.304. The molecule has 0 spiro atoms. The predicted molar refractivity (Wildman–Crippen MR) is 110 cm³/mol. The summed E-state index contributed by atoms with van der Waals surface area (Å²) >= 11 is 0. The molecule has 2 aromatic carbocycles. The Bertz CT molecular complexity index is 941. The summed E-state index contributed by atoms with van der Waals surface area (Å²) in [6.07, 6.45) is 3.78. The number of ether oxygens (including phenoxy) is 1. The van der Waals surface area contributed by atoms with Gasteiger partial charge < -0.3 is 14.7 Å². The zero-order valence-electron chi connectivity index (χ0n) is 16.4. The van der Waals surface area contributed by atoms with Crippen molar-refractivity contribution >= 4 is 5.91 Å². The molecule has 1 saturated heterocycles. The fourth-order valence-corrected chi connectivity index (χ4v) is 3.67. The lowest BCUT2D eigenvalue weighted by Gasteiger charge is -2.33. The largest absolute Gasteiger partial charge is 0.385 e. The van der Waals surface area contributed by atoms with Crippen LogP contribution in [0.1, 0.15) is 29.3 Å². The summed E-state index contributed by atoms with van der Waals surface area (Å²) in [7, 11) is 0. The van der Waals surface area contributed by atoms with E-state index in [1.165, 1.54) is 0 Å². The van der Waals surface area contributed by atoms with Gasteiger partial charge in [0.2, 0.25) is 0 Å². The van der Waals surface area contributed by atoms with Crippen molar-refractivity contribution in [2.45, 2.75) is 31.6 Å². The molecule has 1 amide bonds. The second-order valence-electron chi connectivity index (χ2n) is 7.51. The molecule has 0 saturated carbocycles. The van der Waals surface area contributed by atoms with Gasteiger partial charge in [0, 0.05) is 37.5 Å². The van der Waals surface area contributed by atoms with E-state index >= 15 is 0 Å². The maximum Gasteiger partial charge on any atom is 0.254 e. The number of nitrogens with zero attached hydrogens (tertiary/aromatic N) is 3. The summed E-state index contributed by atoms with van der Waals surface area (Å²) in [4.78, 5) is 15.0. The number of hydrogen-bond donors (Lipinski definition) is 1. The molecule has 0 aliphatic carbocycles. The van der Waals surface area contributed by atoms with Gasteiger partial charge in [0.05, 0.1) is 18.3 Å². The summed E-state index contributed by atoms with van der Waals surface area (Å²) in [5.41, 5.74) is 1.44. The summed E-state index contributed by atoms with van der Waals surface area (Å²) in [5.74, 6) is -0.117. The Morgan fingerprint density at radius 1 is 1.21 bits per heavy atom. The number of aromatic nitrogens is 2. The highest BCUT2D eigenvalue weighted by Gasteiger charge is 2.42. The molecule has 1 aliphatic rings. The van der Waals surface area contributed by atoms with Crippen LogP contribution in [0, 0.1) is 0 Å². The van der Waals surface area contributed by atoms with E-state index in [-0.39, 0.29) is 18.6 Å². The van der Waals surface area contributed by atoms with Crippen molar-refractivity contribution in [1.29, 1.82) is 0 Å². The Kier molecular flexibility index (Phi) is 5.47. The SMILES string of the molecule is C[C@@H]1OCC[C@]1(O)CN(Cc1ccccc1)C(=O)c1ccc(-n2cccn2)cc1. The summed E-state index contributed by atoms with van der Waals surface area (Å²) < 4.78 is 7.31. The zero-order chi connectivity index (χ0) is 20.3. The fourth-order valence-electron chi connectivity index (χ4n) is 3.67. The van der Waals surface area contributed by atoms with E-state index in [0.717, 1.165) is 11.3 Å². The maximum absolute atomic E-state index is 13.3. The molecule has 1 aliphatic heterocycles. The van der Waals surface area contributed by atoms with Crippen LogP contribution in [0.25, 0.3) is 5.69 Å². The molecule has 150 valence electrons. The molecule has 0 bridgehead atoms. The minimum Gasteiger partial charge on any atom is -0.385 e. The summed E-state index contributed by atoms with van der Waals surface area (Å²) in [5, 5.41) is 15.3. The first-order chi connectivity index (χ1) is 14.0. The van der Waals surface area contributed by atoms with Gasteiger partial charge in [-0.1, -0.05) is 30.3 Å². The normalized spacial score (nSPS) is 21.2. The minimum absolute atomic E-state index is 0.117. The Labute approximate surface area is 170 Å². The van der Waals surface area contributed by atoms with Crippen LogP contribution >= 0.6 is 0 Å². The number of hydrogen-bond acceptors (Lipinski definition) is 4. The van der Waals surface area contributed by atoms with E-state index in [0.29, 0.717) is 25.1 Å². The Morgan fingerprint density at radius 3 is 2.59 bits per heavy atom. The third kappa shape index (κ3) is 4.23. The van der Waals surface area contributed by atoms with E-state index in [1.807, 2.05) is 61.7 Å². The van der Waals surface area contributed by atoms with Gasteiger partial charge in [0.1, 0.15) is 5.60 Å². The van der Waals surface area contributed by atoms with E-state index in [4.69, 9.17) is 4.74 Å². The van der Waals surface area contributed by atoms with E-state index in [2.05, 4.69) is 5.10 Å². The number of benzene rings is 2. The number of carbonyl (C=O) groups excluding carboxylic acids is 1. The smallest absolute Gasteiger partial charge is 0.254 e. The summed E-state index contributed by atoms with van der Waals surface area (Å²) in [6.45, 7) is 3.01. The number of amides is 1. The second kappa shape index (κ2) is 8.19. The van der Waals surface area contributed by atoms with Gasteiger partial charge in [-0.25, -0.2) is 4.68 Å². The van der Waals surface area contributed by atoms with Gasteiger partial charge in [-0.2, -0.15) is 5.10 Å². The Hall–Kier alpha value is -2.96. The van der Waals surface area contributed by atoms with Crippen molar-refractivity contribution in [3.8, 4) is 5.69 Å². The van der Waals surface area contributed by atoms with Gasteiger partial charge >= 0.3 is 0 Å². The average molecular weight is 391 g/mol.